The second kappa shape index (κ2) is 8.64. The van der Waals surface area contributed by atoms with E-state index >= 15 is 0 Å². The van der Waals surface area contributed by atoms with Gasteiger partial charge in [0.1, 0.15) is 11.9 Å². The van der Waals surface area contributed by atoms with Crippen LogP contribution < -0.4 is 10.1 Å². The summed E-state index contributed by atoms with van der Waals surface area (Å²) in [5, 5.41) is 6.63. The Morgan fingerprint density at radius 1 is 1.06 bits per heavy atom. The number of hydrogen-bond acceptors (Lipinski definition) is 6. The summed E-state index contributed by atoms with van der Waals surface area (Å²) in [6.07, 6.45) is 3.79. The van der Waals surface area contributed by atoms with E-state index in [9.17, 15) is 13.2 Å². The summed E-state index contributed by atoms with van der Waals surface area (Å²) < 4.78 is 38.2. The normalized spacial score (nSPS) is 18.5. The number of ether oxygens (including phenoxy) is 1. The van der Waals surface area contributed by atoms with Crippen LogP contribution in [0.15, 0.2) is 57.9 Å². The van der Waals surface area contributed by atoms with Crippen LogP contribution in [0.4, 0.5) is 5.69 Å². The highest BCUT2D eigenvalue weighted by Crippen LogP contribution is 2.33. The van der Waals surface area contributed by atoms with Gasteiger partial charge < -0.3 is 14.6 Å². The lowest BCUT2D eigenvalue weighted by atomic mass is 10.1. The fourth-order valence-corrected chi connectivity index (χ4v) is 5.77. The molecular formula is C24H25N3O5S. The molecule has 1 fully saturated rings. The van der Waals surface area contributed by atoms with Crippen molar-refractivity contribution in [1.29, 1.82) is 0 Å². The van der Waals surface area contributed by atoms with Gasteiger partial charge in [-0.2, -0.15) is 4.31 Å². The molecule has 8 nitrogen and oxygen atoms in total. The van der Waals surface area contributed by atoms with Gasteiger partial charge in [-0.15, -0.1) is 0 Å². The first-order chi connectivity index (χ1) is 15.9. The molecule has 2 aromatic carbocycles. The molecule has 1 aromatic heterocycles. The van der Waals surface area contributed by atoms with Gasteiger partial charge in [0, 0.05) is 36.8 Å². The molecule has 0 radical (unpaired) electrons. The molecule has 172 valence electrons. The molecule has 3 heterocycles. The number of fused-ring (bicyclic) bond motifs is 1. The zero-order chi connectivity index (χ0) is 23.0. The second-order valence-corrected chi connectivity index (χ2v) is 10.4. The minimum absolute atomic E-state index is 0.139. The van der Waals surface area contributed by atoms with E-state index in [1.54, 1.807) is 18.2 Å². The van der Waals surface area contributed by atoms with E-state index in [1.807, 2.05) is 25.1 Å². The van der Waals surface area contributed by atoms with Gasteiger partial charge in [0.2, 0.25) is 10.0 Å². The van der Waals surface area contributed by atoms with Crippen molar-refractivity contribution in [2.45, 2.75) is 43.6 Å². The number of aromatic nitrogens is 1. The summed E-state index contributed by atoms with van der Waals surface area (Å²) in [5.74, 6) is 0.926. The number of nitrogens with one attached hydrogen (secondary N) is 1. The van der Waals surface area contributed by atoms with Gasteiger partial charge in [0.15, 0.2) is 11.5 Å². The minimum Gasteiger partial charge on any atom is -0.490 e. The largest absolute Gasteiger partial charge is 0.490 e. The molecule has 0 spiro atoms. The molecule has 3 aromatic rings. The Hall–Kier alpha value is -3.17. The third kappa shape index (κ3) is 4.38. The van der Waals surface area contributed by atoms with Crippen molar-refractivity contribution in [3.05, 3.63) is 59.8 Å². The lowest BCUT2D eigenvalue weighted by molar-refractivity contribution is 0.101. The lowest BCUT2D eigenvalue weighted by Crippen LogP contribution is -2.35. The number of amides is 1. The van der Waals surface area contributed by atoms with Crippen LogP contribution in [0.25, 0.3) is 11.3 Å². The van der Waals surface area contributed by atoms with Gasteiger partial charge in [0.25, 0.3) is 5.91 Å². The van der Waals surface area contributed by atoms with E-state index in [2.05, 4.69) is 10.5 Å². The topological polar surface area (TPSA) is 102 Å². The Morgan fingerprint density at radius 3 is 2.58 bits per heavy atom. The molecule has 2 aliphatic rings. The number of sulfonamides is 1. The summed E-state index contributed by atoms with van der Waals surface area (Å²) in [5.41, 5.74) is 2.54. The van der Waals surface area contributed by atoms with Gasteiger partial charge in [-0.3, -0.25) is 4.79 Å². The van der Waals surface area contributed by atoms with Crippen LogP contribution in [-0.2, 0) is 16.4 Å². The molecule has 5 rings (SSSR count). The Balaban J connectivity index is 1.27. The molecule has 2 aliphatic heterocycles. The highest BCUT2D eigenvalue weighted by molar-refractivity contribution is 7.89. The van der Waals surface area contributed by atoms with E-state index in [0.29, 0.717) is 24.5 Å². The van der Waals surface area contributed by atoms with E-state index in [1.165, 1.54) is 16.4 Å². The quantitative estimate of drug-likeness (QED) is 0.606. The first kappa shape index (κ1) is 21.7. The monoisotopic (exact) mass is 467 g/mol. The summed E-state index contributed by atoms with van der Waals surface area (Å²) >= 11 is 0. The van der Waals surface area contributed by atoms with Crippen LogP contribution in [-0.4, -0.2) is 43.0 Å². The maximum atomic E-state index is 12.8. The maximum absolute atomic E-state index is 12.8. The molecule has 1 saturated heterocycles. The van der Waals surface area contributed by atoms with Crippen LogP contribution in [0.1, 0.15) is 42.2 Å². The van der Waals surface area contributed by atoms with Crippen LogP contribution in [0.5, 0.6) is 5.75 Å². The van der Waals surface area contributed by atoms with Crippen LogP contribution >= 0.6 is 0 Å². The molecular weight excluding hydrogens is 442 g/mol. The van der Waals surface area contributed by atoms with Gasteiger partial charge >= 0.3 is 0 Å². The van der Waals surface area contributed by atoms with Gasteiger partial charge in [-0.05, 0) is 67.8 Å². The van der Waals surface area contributed by atoms with E-state index in [4.69, 9.17) is 9.26 Å². The van der Waals surface area contributed by atoms with Crippen molar-refractivity contribution in [2.24, 2.45) is 0 Å². The molecule has 0 bridgehead atoms. The SMILES string of the molecule is C[C@H]1Cc2cc(-c3cc(C(=O)Nc4ccc(S(=O)(=O)N5CCCCC5)cc4)no3)ccc2O1. The van der Waals surface area contributed by atoms with Gasteiger partial charge in [0.05, 0.1) is 4.90 Å². The molecule has 0 saturated carbocycles. The predicted octanol–water partition coefficient (Wildman–Crippen LogP) is 4.09. The fraction of sp³-hybridized carbons (Fsp3) is 0.333. The number of carbonyl (C=O) groups is 1. The first-order valence-corrected chi connectivity index (χ1v) is 12.5. The van der Waals surface area contributed by atoms with Crippen molar-refractivity contribution in [3.63, 3.8) is 0 Å². The highest BCUT2D eigenvalue weighted by atomic mass is 32.2. The summed E-state index contributed by atoms with van der Waals surface area (Å²) in [6.45, 7) is 3.11. The number of nitrogens with zero attached hydrogens (tertiary/aromatic N) is 2. The number of rotatable bonds is 5. The van der Waals surface area contributed by atoms with Crippen LogP contribution in [0.3, 0.4) is 0 Å². The maximum Gasteiger partial charge on any atom is 0.277 e. The molecule has 0 unspecified atom stereocenters. The fourth-order valence-electron chi connectivity index (χ4n) is 4.25. The summed E-state index contributed by atoms with van der Waals surface area (Å²) in [7, 11) is -3.51. The molecule has 1 amide bonds. The van der Waals surface area contributed by atoms with E-state index in [-0.39, 0.29) is 16.7 Å². The second-order valence-electron chi connectivity index (χ2n) is 8.47. The van der Waals surface area contributed by atoms with E-state index < -0.39 is 15.9 Å². The molecule has 1 atom stereocenters. The standard InChI is InChI=1S/C24H25N3O5S/c1-16-13-18-14-17(5-10-22(18)31-16)23-15-21(26-32-23)24(28)25-19-6-8-20(9-7-19)33(29,30)27-11-3-2-4-12-27/h5-10,14-16H,2-4,11-13H2,1H3,(H,25,28)/t16-/m0/s1. The third-order valence-corrected chi connectivity index (χ3v) is 7.90. The summed E-state index contributed by atoms with van der Waals surface area (Å²) in [4.78, 5) is 12.9. The number of carbonyl (C=O) groups excluding carboxylic acids is 1. The zero-order valence-corrected chi connectivity index (χ0v) is 19.1. The van der Waals surface area contributed by atoms with Gasteiger partial charge in [-0.25, -0.2) is 8.42 Å². The average molecular weight is 468 g/mol. The Kier molecular flexibility index (Phi) is 5.67. The first-order valence-electron chi connectivity index (χ1n) is 11.1. The number of piperidine rings is 1. The Morgan fingerprint density at radius 2 is 1.82 bits per heavy atom. The van der Waals surface area contributed by atoms with Crippen molar-refractivity contribution in [2.75, 3.05) is 18.4 Å². The summed E-state index contributed by atoms with van der Waals surface area (Å²) in [6, 6.07) is 13.5. The Bertz CT molecular complexity index is 1280. The van der Waals surface area contributed by atoms with Crippen molar-refractivity contribution >= 4 is 21.6 Å². The van der Waals surface area contributed by atoms with Crippen LogP contribution in [0.2, 0.25) is 0 Å². The van der Waals surface area contributed by atoms with Crippen LogP contribution in [0, 0.1) is 0 Å². The molecule has 33 heavy (non-hydrogen) atoms. The molecule has 1 N–H and O–H groups in total. The zero-order valence-electron chi connectivity index (χ0n) is 18.3. The average Bonchev–Trinajstić information content (AvgIpc) is 3.46. The van der Waals surface area contributed by atoms with E-state index in [0.717, 1.165) is 42.6 Å². The number of benzene rings is 2. The third-order valence-electron chi connectivity index (χ3n) is 5.99. The number of anilines is 1. The minimum atomic E-state index is -3.51. The Labute approximate surface area is 192 Å². The van der Waals surface area contributed by atoms with Gasteiger partial charge in [-0.1, -0.05) is 11.6 Å². The van der Waals surface area contributed by atoms with Crippen molar-refractivity contribution in [1.82, 2.24) is 9.46 Å². The van der Waals surface area contributed by atoms with Crippen molar-refractivity contribution in [3.8, 4) is 17.1 Å². The van der Waals surface area contributed by atoms with Crippen molar-refractivity contribution < 1.29 is 22.5 Å². The molecule has 0 aliphatic carbocycles. The molecule has 9 heteroatoms. The smallest absolute Gasteiger partial charge is 0.277 e. The number of hydrogen-bond donors (Lipinski definition) is 1. The lowest BCUT2D eigenvalue weighted by Gasteiger charge is -2.25. The highest BCUT2D eigenvalue weighted by Gasteiger charge is 2.26. The predicted molar refractivity (Wildman–Crippen MR) is 123 cm³/mol.